The lowest BCUT2D eigenvalue weighted by Crippen LogP contribution is -1.99. The molecule has 1 aromatic carbocycles. The van der Waals surface area contributed by atoms with Gasteiger partial charge in [-0.3, -0.25) is 0 Å². The number of para-hydroxylation sites is 1. The Morgan fingerprint density at radius 3 is 2.85 bits per heavy atom. The van der Waals surface area contributed by atoms with Gasteiger partial charge in [-0.1, -0.05) is 24.3 Å². The Labute approximate surface area is 79.0 Å². The number of aryl methyl sites for hydroxylation is 1. The fraction of sp³-hybridized carbons (Fsp3) is 0.273. The van der Waals surface area contributed by atoms with Crippen molar-refractivity contribution in [1.29, 1.82) is 0 Å². The minimum atomic E-state index is 0.575. The largest absolute Gasteiger partial charge is 0.487 e. The molecule has 0 amide bonds. The van der Waals surface area contributed by atoms with E-state index in [0.29, 0.717) is 12.3 Å². The van der Waals surface area contributed by atoms with Crippen molar-refractivity contribution in [3.63, 3.8) is 0 Å². The second kappa shape index (κ2) is 4.55. The highest BCUT2D eigenvalue weighted by molar-refractivity contribution is 5.56. The first-order chi connectivity index (χ1) is 6.25. The van der Waals surface area contributed by atoms with Crippen LogP contribution in [0.5, 0.6) is 5.75 Å². The molecule has 0 heterocycles. The quantitative estimate of drug-likeness (QED) is 0.568. The molecule has 2 N–H and O–H groups in total. The summed E-state index contributed by atoms with van der Waals surface area (Å²) < 4.78 is 5.50. The van der Waals surface area contributed by atoms with Crippen molar-refractivity contribution in [2.75, 3.05) is 12.3 Å². The molecule has 13 heavy (non-hydrogen) atoms. The summed E-state index contributed by atoms with van der Waals surface area (Å²) in [7, 11) is 0. The molecule has 0 saturated carbocycles. The van der Waals surface area contributed by atoms with Crippen molar-refractivity contribution in [3.8, 4) is 5.75 Å². The molecule has 2 nitrogen and oxygen atoms in total. The number of nitrogens with two attached hydrogens (primary N) is 1. The Balaban J connectivity index is 2.75. The summed E-state index contributed by atoms with van der Waals surface area (Å²) in [5.41, 5.74) is 7.53. The van der Waals surface area contributed by atoms with E-state index in [2.05, 4.69) is 0 Å². The predicted octanol–water partition coefficient (Wildman–Crippen LogP) is 2.53. The molecule has 0 unspecified atom stereocenters. The molecule has 0 saturated heterocycles. The standard InChI is InChI=1S/C11H15NO/c1-3-4-8-13-11-9(2)6-5-7-10(11)12/h3-7H,8,12H2,1-2H3/b4-3+. The first-order valence-electron chi connectivity index (χ1n) is 4.34. The van der Waals surface area contributed by atoms with Gasteiger partial charge >= 0.3 is 0 Å². The van der Waals surface area contributed by atoms with Crippen LogP contribution in [0.3, 0.4) is 0 Å². The Kier molecular flexibility index (Phi) is 3.38. The van der Waals surface area contributed by atoms with Gasteiger partial charge in [0.15, 0.2) is 0 Å². The van der Waals surface area contributed by atoms with Gasteiger partial charge in [-0.15, -0.1) is 0 Å². The number of nitrogen functional groups attached to an aromatic ring is 1. The molecule has 0 aliphatic rings. The van der Waals surface area contributed by atoms with Crippen LogP contribution in [0, 0.1) is 6.92 Å². The third-order valence-corrected chi connectivity index (χ3v) is 1.80. The second-order valence-corrected chi connectivity index (χ2v) is 2.87. The fourth-order valence-corrected chi connectivity index (χ4v) is 1.10. The maximum absolute atomic E-state index is 5.75. The zero-order chi connectivity index (χ0) is 9.68. The normalized spacial score (nSPS) is 10.6. The zero-order valence-corrected chi connectivity index (χ0v) is 8.08. The lowest BCUT2D eigenvalue weighted by molar-refractivity contribution is 0.362. The summed E-state index contributed by atoms with van der Waals surface area (Å²) in [6, 6.07) is 5.76. The molecule has 2 heteroatoms. The van der Waals surface area contributed by atoms with Crippen LogP contribution in [0.4, 0.5) is 5.69 Å². The highest BCUT2D eigenvalue weighted by Gasteiger charge is 2.01. The molecule has 0 radical (unpaired) electrons. The highest BCUT2D eigenvalue weighted by atomic mass is 16.5. The van der Waals surface area contributed by atoms with Gasteiger partial charge in [0, 0.05) is 0 Å². The molecule has 0 atom stereocenters. The summed E-state index contributed by atoms with van der Waals surface area (Å²) in [5.74, 6) is 0.792. The van der Waals surface area contributed by atoms with Gasteiger partial charge in [-0.25, -0.2) is 0 Å². The molecular formula is C11H15NO. The van der Waals surface area contributed by atoms with Gasteiger partial charge in [0.1, 0.15) is 12.4 Å². The Morgan fingerprint density at radius 2 is 2.23 bits per heavy atom. The van der Waals surface area contributed by atoms with E-state index in [9.17, 15) is 0 Å². The van der Waals surface area contributed by atoms with E-state index in [1.54, 1.807) is 0 Å². The second-order valence-electron chi connectivity index (χ2n) is 2.87. The summed E-state index contributed by atoms with van der Waals surface area (Å²) in [6.45, 7) is 4.53. The van der Waals surface area contributed by atoms with Crippen LogP contribution in [-0.4, -0.2) is 6.61 Å². The van der Waals surface area contributed by atoms with E-state index in [4.69, 9.17) is 10.5 Å². The van der Waals surface area contributed by atoms with Gasteiger partial charge in [0.2, 0.25) is 0 Å². The number of hydrogen-bond donors (Lipinski definition) is 1. The van der Waals surface area contributed by atoms with Crippen LogP contribution in [0.1, 0.15) is 12.5 Å². The van der Waals surface area contributed by atoms with Crippen LogP contribution in [0.25, 0.3) is 0 Å². The van der Waals surface area contributed by atoms with E-state index in [1.807, 2.05) is 44.2 Å². The summed E-state index contributed by atoms with van der Waals surface area (Å²) in [6.07, 6.45) is 3.90. The topological polar surface area (TPSA) is 35.2 Å². The Morgan fingerprint density at radius 1 is 1.46 bits per heavy atom. The Bertz CT molecular complexity index is 285. The van der Waals surface area contributed by atoms with Crippen LogP contribution in [0.2, 0.25) is 0 Å². The van der Waals surface area contributed by atoms with Gasteiger partial charge in [-0.2, -0.15) is 0 Å². The Hall–Kier alpha value is -1.44. The number of anilines is 1. The van der Waals surface area contributed by atoms with Gasteiger partial charge < -0.3 is 10.5 Å². The number of allylic oxidation sites excluding steroid dienone is 1. The van der Waals surface area contributed by atoms with E-state index >= 15 is 0 Å². The SMILES string of the molecule is C/C=C/COc1c(C)cccc1N. The summed E-state index contributed by atoms with van der Waals surface area (Å²) in [5, 5.41) is 0. The van der Waals surface area contributed by atoms with Crippen molar-refractivity contribution in [3.05, 3.63) is 35.9 Å². The van der Waals surface area contributed by atoms with Crippen molar-refractivity contribution in [2.45, 2.75) is 13.8 Å². The minimum Gasteiger partial charge on any atom is -0.487 e. The highest BCUT2D eigenvalue weighted by Crippen LogP contribution is 2.25. The van der Waals surface area contributed by atoms with Crippen molar-refractivity contribution < 1.29 is 4.74 Å². The molecule has 70 valence electrons. The average Bonchev–Trinajstić information content (AvgIpc) is 2.10. The lowest BCUT2D eigenvalue weighted by atomic mass is 10.2. The molecule has 0 bridgehead atoms. The molecule has 0 aliphatic carbocycles. The maximum Gasteiger partial charge on any atom is 0.145 e. The van der Waals surface area contributed by atoms with Gasteiger partial charge in [0.25, 0.3) is 0 Å². The van der Waals surface area contributed by atoms with Crippen LogP contribution >= 0.6 is 0 Å². The molecule has 0 aromatic heterocycles. The molecule has 0 aliphatic heterocycles. The van der Waals surface area contributed by atoms with Crippen molar-refractivity contribution >= 4 is 5.69 Å². The molecule has 0 fully saturated rings. The van der Waals surface area contributed by atoms with Crippen molar-refractivity contribution in [2.24, 2.45) is 0 Å². The number of benzene rings is 1. The monoisotopic (exact) mass is 177 g/mol. The van der Waals surface area contributed by atoms with Crippen LogP contribution < -0.4 is 10.5 Å². The molecule has 1 rings (SSSR count). The molecule has 0 spiro atoms. The van der Waals surface area contributed by atoms with Gasteiger partial charge in [-0.05, 0) is 25.5 Å². The maximum atomic E-state index is 5.75. The minimum absolute atomic E-state index is 0.575. The zero-order valence-electron chi connectivity index (χ0n) is 8.08. The number of ether oxygens (including phenoxy) is 1. The van der Waals surface area contributed by atoms with Crippen LogP contribution in [0.15, 0.2) is 30.4 Å². The van der Waals surface area contributed by atoms with E-state index in [0.717, 1.165) is 11.3 Å². The molecule has 1 aromatic rings. The van der Waals surface area contributed by atoms with Crippen LogP contribution in [-0.2, 0) is 0 Å². The van der Waals surface area contributed by atoms with E-state index < -0.39 is 0 Å². The third-order valence-electron chi connectivity index (χ3n) is 1.80. The van der Waals surface area contributed by atoms with Gasteiger partial charge in [0.05, 0.1) is 5.69 Å². The summed E-state index contributed by atoms with van der Waals surface area (Å²) >= 11 is 0. The predicted molar refractivity (Wildman–Crippen MR) is 55.9 cm³/mol. The number of rotatable bonds is 3. The average molecular weight is 177 g/mol. The first kappa shape index (κ1) is 9.65. The molecular weight excluding hydrogens is 162 g/mol. The van der Waals surface area contributed by atoms with Crippen molar-refractivity contribution in [1.82, 2.24) is 0 Å². The number of hydrogen-bond acceptors (Lipinski definition) is 2. The van der Waals surface area contributed by atoms with E-state index in [1.165, 1.54) is 0 Å². The van der Waals surface area contributed by atoms with E-state index in [-0.39, 0.29) is 0 Å². The smallest absolute Gasteiger partial charge is 0.145 e. The third kappa shape index (κ3) is 2.51. The lowest BCUT2D eigenvalue weighted by Gasteiger charge is -2.09. The fourth-order valence-electron chi connectivity index (χ4n) is 1.10. The first-order valence-corrected chi connectivity index (χ1v) is 4.34. The summed E-state index contributed by atoms with van der Waals surface area (Å²) in [4.78, 5) is 0.